The molecule has 1 aromatic heterocycles. The van der Waals surface area contributed by atoms with E-state index < -0.39 is 5.97 Å². The summed E-state index contributed by atoms with van der Waals surface area (Å²) in [6.45, 7) is 1.39. The number of rotatable bonds is 3. The summed E-state index contributed by atoms with van der Waals surface area (Å²) in [5, 5.41) is 8.80. The van der Waals surface area contributed by atoms with Crippen molar-refractivity contribution in [1.82, 2.24) is 9.47 Å². The molecule has 0 bridgehead atoms. The van der Waals surface area contributed by atoms with Crippen molar-refractivity contribution in [3.8, 4) is 0 Å². The lowest BCUT2D eigenvalue weighted by Crippen LogP contribution is -2.33. The summed E-state index contributed by atoms with van der Waals surface area (Å²) < 4.78 is 1.50. The maximum atomic E-state index is 12.3. The average Bonchev–Trinajstić information content (AvgIpc) is 2.63. The van der Waals surface area contributed by atoms with E-state index in [2.05, 4.69) is 0 Å². The van der Waals surface area contributed by atoms with E-state index in [0.717, 1.165) is 25.9 Å². The predicted octanol–water partition coefficient (Wildman–Crippen LogP) is 1.59. The molecule has 2 rings (SSSR count). The molecule has 1 N–H and O–H groups in total. The molecule has 0 aliphatic carbocycles. The highest BCUT2D eigenvalue weighted by molar-refractivity contribution is 5.93. The van der Waals surface area contributed by atoms with Gasteiger partial charge in [0.25, 0.3) is 5.91 Å². The predicted molar refractivity (Wildman–Crippen MR) is 66.4 cm³/mol. The first-order chi connectivity index (χ1) is 8.68. The second kappa shape index (κ2) is 5.71. The summed E-state index contributed by atoms with van der Waals surface area (Å²) in [5.41, 5.74) is 0.472. The van der Waals surface area contributed by atoms with Crippen molar-refractivity contribution in [2.24, 2.45) is 0 Å². The van der Waals surface area contributed by atoms with Gasteiger partial charge < -0.3 is 14.6 Å². The molecule has 2 heterocycles. The number of hydrogen-bond donors (Lipinski definition) is 1. The Hall–Kier alpha value is -1.78. The van der Waals surface area contributed by atoms with Crippen molar-refractivity contribution in [1.29, 1.82) is 0 Å². The Balaban J connectivity index is 2.12. The Bertz CT molecular complexity index is 431. The van der Waals surface area contributed by atoms with Crippen LogP contribution in [-0.4, -0.2) is 39.5 Å². The van der Waals surface area contributed by atoms with E-state index in [1.165, 1.54) is 17.4 Å². The van der Waals surface area contributed by atoms with Gasteiger partial charge >= 0.3 is 5.97 Å². The zero-order valence-electron chi connectivity index (χ0n) is 10.3. The number of carboxylic acid groups (broad SMARTS) is 1. The van der Waals surface area contributed by atoms with E-state index >= 15 is 0 Å². The lowest BCUT2D eigenvalue weighted by atomic mass is 10.2. The van der Waals surface area contributed by atoms with Crippen molar-refractivity contribution in [3.05, 3.63) is 24.0 Å². The molecule has 98 valence electrons. The molecule has 0 radical (unpaired) electrons. The Kier molecular flexibility index (Phi) is 4.02. The van der Waals surface area contributed by atoms with Crippen molar-refractivity contribution >= 4 is 11.9 Å². The number of carbonyl (C=O) groups is 2. The summed E-state index contributed by atoms with van der Waals surface area (Å²) >= 11 is 0. The van der Waals surface area contributed by atoms with Crippen LogP contribution in [0.25, 0.3) is 0 Å². The Morgan fingerprint density at radius 3 is 2.44 bits per heavy atom. The highest BCUT2D eigenvalue weighted by Gasteiger charge is 2.20. The molecule has 1 aromatic rings. The normalized spacial score (nSPS) is 16.3. The van der Waals surface area contributed by atoms with Crippen LogP contribution in [0.3, 0.4) is 0 Å². The zero-order valence-corrected chi connectivity index (χ0v) is 10.3. The molecule has 0 spiro atoms. The van der Waals surface area contributed by atoms with Gasteiger partial charge in [-0.3, -0.25) is 9.59 Å². The minimum absolute atomic E-state index is 0.0526. The molecular weight excluding hydrogens is 232 g/mol. The van der Waals surface area contributed by atoms with Crippen LogP contribution in [0.15, 0.2) is 18.3 Å². The third kappa shape index (κ3) is 2.91. The van der Waals surface area contributed by atoms with Gasteiger partial charge in [0.1, 0.15) is 12.2 Å². The monoisotopic (exact) mass is 250 g/mol. The number of likely N-dealkylation sites (tertiary alicyclic amines) is 1. The molecule has 1 fully saturated rings. The van der Waals surface area contributed by atoms with Crippen LogP contribution in [0.2, 0.25) is 0 Å². The highest BCUT2D eigenvalue weighted by Crippen LogP contribution is 2.14. The molecule has 0 saturated carbocycles. The number of hydrogen-bond acceptors (Lipinski definition) is 2. The molecule has 0 atom stereocenters. The highest BCUT2D eigenvalue weighted by atomic mass is 16.4. The van der Waals surface area contributed by atoms with Gasteiger partial charge in [-0.25, -0.2) is 0 Å². The summed E-state index contributed by atoms with van der Waals surface area (Å²) in [6, 6.07) is 3.41. The largest absolute Gasteiger partial charge is 0.480 e. The van der Waals surface area contributed by atoms with Gasteiger partial charge in [0.2, 0.25) is 0 Å². The fraction of sp³-hybridized carbons (Fsp3) is 0.538. The molecule has 1 amide bonds. The van der Waals surface area contributed by atoms with Gasteiger partial charge in [0, 0.05) is 19.3 Å². The molecule has 5 heteroatoms. The number of amides is 1. The maximum Gasteiger partial charge on any atom is 0.323 e. The van der Waals surface area contributed by atoms with E-state index in [9.17, 15) is 9.59 Å². The topological polar surface area (TPSA) is 62.5 Å². The lowest BCUT2D eigenvalue weighted by Gasteiger charge is -2.20. The Morgan fingerprint density at radius 1 is 1.17 bits per heavy atom. The Morgan fingerprint density at radius 2 is 1.83 bits per heavy atom. The van der Waals surface area contributed by atoms with Crippen LogP contribution < -0.4 is 0 Å². The van der Waals surface area contributed by atoms with Crippen LogP contribution in [-0.2, 0) is 11.3 Å². The van der Waals surface area contributed by atoms with Gasteiger partial charge in [0.15, 0.2) is 0 Å². The minimum Gasteiger partial charge on any atom is -0.480 e. The first-order valence-electron chi connectivity index (χ1n) is 6.34. The summed E-state index contributed by atoms with van der Waals surface area (Å²) in [4.78, 5) is 24.9. The van der Waals surface area contributed by atoms with Gasteiger partial charge in [-0.05, 0) is 25.0 Å². The van der Waals surface area contributed by atoms with Crippen molar-refractivity contribution < 1.29 is 14.7 Å². The van der Waals surface area contributed by atoms with Crippen LogP contribution in [0.4, 0.5) is 0 Å². The molecule has 1 aliphatic rings. The molecule has 0 unspecified atom stereocenters. The molecule has 0 aromatic carbocycles. The first-order valence-corrected chi connectivity index (χ1v) is 6.34. The van der Waals surface area contributed by atoms with Crippen LogP contribution in [0, 0.1) is 0 Å². The molecule has 18 heavy (non-hydrogen) atoms. The first kappa shape index (κ1) is 12.7. The van der Waals surface area contributed by atoms with E-state index in [0.29, 0.717) is 5.69 Å². The lowest BCUT2D eigenvalue weighted by molar-refractivity contribution is -0.137. The fourth-order valence-electron chi connectivity index (χ4n) is 2.33. The summed E-state index contributed by atoms with van der Waals surface area (Å²) in [5.74, 6) is -0.987. The standard InChI is InChI=1S/C13H18N2O3/c16-12(17)10-15-9-5-6-11(15)13(18)14-7-3-1-2-4-8-14/h5-6,9H,1-4,7-8,10H2,(H,16,17). The van der Waals surface area contributed by atoms with Crippen molar-refractivity contribution in [2.45, 2.75) is 32.2 Å². The third-order valence-corrected chi connectivity index (χ3v) is 3.25. The van der Waals surface area contributed by atoms with Gasteiger partial charge in [-0.15, -0.1) is 0 Å². The number of carboxylic acids is 1. The van der Waals surface area contributed by atoms with Crippen LogP contribution in [0.5, 0.6) is 0 Å². The molecule has 1 aliphatic heterocycles. The molecule has 1 saturated heterocycles. The number of aromatic nitrogens is 1. The van der Waals surface area contributed by atoms with Crippen molar-refractivity contribution in [3.63, 3.8) is 0 Å². The number of aliphatic carboxylic acids is 1. The molecule has 5 nitrogen and oxygen atoms in total. The van der Waals surface area contributed by atoms with E-state index in [1.54, 1.807) is 18.3 Å². The number of carbonyl (C=O) groups excluding carboxylic acids is 1. The van der Waals surface area contributed by atoms with Gasteiger partial charge in [0.05, 0.1) is 0 Å². The van der Waals surface area contributed by atoms with Crippen LogP contribution in [0.1, 0.15) is 36.2 Å². The fourth-order valence-corrected chi connectivity index (χ4v) is 2.33. The van der Waals surface area contributed by atoms with E-state index in [4.69, 9.17) is 5.11 Å². The SMILES string of the molecule is O=C(O)Cn1cccc1C(=O)N1CCCCCC1. The summed E-state index contributed by atoms with van der Waals surface area (Å²) in [6.07, 6.45) is 6.04. The average molecular weight is 250 g/mol. The van der Waals surface area contributed by atoms with E-state index in [-0.39, 0.29) is 12.5 Å². The van der Waals surface area contributed by atoms with Crippen molar-refractivity contribution in [2.75, 3.05) is 13.1 Å². The quantitative estimate of drug-likeness (QED) is 0.886. The van der Waals surface area contributed by atoms with E-state index in [1.807, 2.05) is 4.90 Å². The zero-order chi connectivity index (χ0) is 13.0. The second-order valence-electron chi connectivity index (χ2n) is 4.62. The summed E-state index contributed by atoms with van der Waals surface area (Å²) in [7, 11) is 0. The third-order valence-electron chi connectivity index (χ3n) is 3.25. The minimum atomic E-state index is -0.934. The van der Waals surface area contributed by atoms with Gasteiger partial charge in [-0.1, -0.05) is 12.8 Å². The number of nitrogens with zero attached hydrogens (tertiary/aromatic N) is 2. The Labute approximate surface area is 106 Å². The van der Waals surface area contributed by atoms with Gasteiger partial charge in [-0.2, -0.15) is 0 Å². The second-order valence-corrected chi connectivity index (χ2v) is 4.62. The smallest absolute Gasteiger partial charge is 0.323 e. The van der Waals surface area contributed by atoms with Crippen LogP contribution >= 0.6 is 0 Å². The molecular formula is C13H18N2O3. The maximum absolute atomic E-state index is 12.3.